The minimum Gasteiger partial charge on any atom is -0.497 e. The number of hydrogen-bond acceptors (Lipinski definition) is 3. The lowest BCUT2D eigenvalue weighted by molar-refractivity contribution is -0.123. The van der Waals surface area contributed by atoms with Gasteiger partial charge in [-0.1, -0.05) is 57.2 Å². The lowest BCUT2D eigenvalue weighted by atomic mass is 9.94. The second-order valence-electron chi connectivity index (χ2n) is 7.27. The van der Waals surface area contributed by atoms with Gasteiger partial charge in [0.1, 0.15) is 5.75 Å². The first-order valence-corrected chi connectivity index (χ1v) is 9.70. The lowest BCUT2D eigenvalue weighted by Crippen LogP contribution is -2.44. The molecule has 0 aromatic heterocycles. The molecule has 2 aromatic rings. The fourth-order valence-corrected chi connectivity index (χ4v) is 3.06. The van der Waals surface area contributed by atoms with Crippen molar-refractivity contribution in [2.24, 2.45) is 5.92 Å². The summed E-state index contributed by atoms with van der Waals surface area (Å²) < 4.78 is 5.16. The molecule has 0 radical (unpaired) electrons. The average Bonchev–Trinajstić information content (AvgIpc) is 2.70. The Morgan fingerprint density at radius 1 is 0.963 bits per heavy atom. The van der Waals surface area contributed by atoms with Gasteiger partial charge in [0.05, 0.1) is 13.2 Å². The molecule has 0 heterocycles. The Bertz CT molecular complexity index is 708. The van der Waals surface area contributed by atoms with E-state index in [1.807, 2.05) is 31.2 Å². The standard InChI is InChI=1S/C23H32N2O2/c1-6-18-7-11-20(12-8-18)22(16(2)3)25-17(4)23(26)24-15-19-9-13-21(27-5)14-10-19/h7-14,16-17,22,25H,6,15H2,1-5H3,(H,24,26)/t17-,22-/m0/s1. The molecule has 0 aliphatic carbocycles. The molecule has 0 spiro atoms. The first kappa shape index (κ1) is 21.0. The summed E-state index contributed by atoms with van der Waals surface area (Å²) in [5.74, 6) is 1.20. The molecular formula is C23H32N2O2. The number of rotatable bonds is 9. The predicted octanol–water partition coefficient (Wildman–Crippen LogP) is 4.25. The summed E-state index contributed by atoms with van der Waals surface area (Å²) in [6, 6.07) is 16.3. The molecule has 0 fully saturated rings. The molecule has 0 unspecified atom stereocenters. The fraction of sp³-hybridized carbons (Fsp3) is 0.435. The van der Waals surface area contributed by atoms with Crippen LogP contribution in [0.3, 0.4) is 0 Å². The second-order valence-corrected chi connectivity index (χ2v) is 7.27. The predicted molar refractivity (Wildman–Crippen MR) is 111 cm³/mol. The zero-order valence-electron chi connectivity index (χ0n) is 17.1. The number of aryl methyl sites for hydroxylation is 1. The van der Waals surface area contributed by atoms with Crippen molar-refractivity contribution in [2.45, 2.75) is 52.7 Å². The second kappa shape index (κ2) is 10.1. The highest BCUT2D eigenvalue weighted by atomic mass is 16.5. The van der Waals surface area contributed by atoms with Gasteiger partial charge in [0.15, 0.2) is 0 Å². The molecule has 2 N–H and O–H groups in total. The number of carbonyl (C=O) groups is 1. The van der Waals surface area contributed by atoms with Crippen molar-refractivity contribution in [3.05, 3.63) is 65.2 Å². The summed E-state index contributed by atoms with van der Waals surface area (Å²) in [6.07, 6.45) is 1.03. The van der Waals surface area contributed by atoms with Crippen LogP contribution in [0.1, 0.15) is 50.4 Å². The van der Waals surface area contributed by atoms with Gasteiger partial charge in [-0.25, -0.2) is 0 Å². The van der Waals surface area contributed by atoms with Gasteiger partial charge in [-0.05, 0) is 48.1 Å². The van der Waals surface area contributed by atoms with Crippen molar-refractivity contribution < 1.29 is 9.53 Å². The average molecular weight is 369 g/mol. The Kier molecular flexibility index (Phi) is 7.86. The van der Waals surface area contributed by atoms with Gasteiger partial charge in [0, 0.05) is 12.6 Å². The van der Waals surface area contributed by atoms with E-state index in [0.717, 1.165) is 17.7 Å². The maximum absolute atomic E-state index is 12.5. The van der Waals surface area contributed by atoms with Gasteiger partial charge >= 0.3 is 0 Å². The van der Waals surface area contributed by atoms with Gasteiger partial charge in [-0.3, -0.25) is 10.1 Å². The molecule has 0 aliphatic heterocycles. The van der Waals surface area contributed by atoms with Crippen molar-refractivity contribution in [1.82, 2.24) is 10.6 Å². The van der Waals surface area contributed by atoms with E-state index in [4.69, 9.17) is 4.74 Å². The molecule has 0 aliphatic rings. The van der Waals surface area contributed by atoms with E-state index < -0.39 is 0 Å². The van der Waals surface area contributed by atoms with Gasteiger partial charge < -0.3 is 10.1 Å². The van der Waals surface area contributed by atoms with Crippen LogP contribution in [0.2, 0.25) is 0 Å². The number of methoxy groups -OCH3 is 1. The molecule has 146 valence electrons. The minimum atomic E-state index is -0.276. The van der Waals surface area contributed by atoms with Crippen LogP contribution in [0, 0.1) is 5.92 Å². The SMILES string of the molecule is CCc1ccc([C@@H](N[C@@H](C)C(=O)NCc2ccc(OC)cc2)C(C)C)cc1. The molecule has 4 heteroatoms. The molecule has 2 aromatic carbocycles. The third kappa shape index (κ3) is 6.10. The van der Waals surface area contributed by atoms with Crippen molar-refractivity contribution in [1.29, 1.82) is 0 Å². The van der Waals surface area contributed by atoms with Crippen LogP contribution in [0.15, 0.2) is 48.5 Å². The zero-order valence-corrected chi connectivity index (χ0v) is 17.1. The molecule has 1 amide bonds. The summed E-state index contributed by atoms with van der Waals surface area (Å²) in [5, 5.41) is 6.50. The largest absolute Gasteiger partial charge is 0.497 e. The summed E-state index contributed by atoms with van der Waals surface area (Å²) in [7, 11) is 1.64. The number of amides is 1. The maximum Gasteiger partial charge on any atom is 0.237 e. The molecule has 27 heavy (non-hydrogen) atoms. The van der Waals surface area contributed by atoms with Crippen LogP contribution in [-0.4, -0.2) is 19.1 Å². The zero-order chi connectivity index (χ0) is 19.8. The molecular weight excluding hydrogens is 336 g/mol. The van der Waals surface area contributed by atoms with E-state index in [-0.39, 0.29) is 18.0 Å². The van der Waals surface area contributed by atoms with Crippen LogP contribution in [0.25, 0.3) is 0 Å². The van der Waals surface area contributed by atoms with Crippen molar-refractivity contribution in [3.8, 4) is 5.75 Å². The van der Waals surface area contributed by atoms with Crippen molar-refractivity contribution >= 4 is 5.91 Å². The normalized spacial score (nSPS) is 13.3. The molecule has 4 nitrogen and oxygen atoms in total. The van der Waals surface area contributed by atoms with E-state index in [0.29, 0.717) is 12.5 Å². The summed E-state index contributed by atoms with van der Waals surface area (Å²) >= 11 is 0. The Morgan fingerprint density at radius 3 is 2.07 bits per heavy atom. The van der Waals surface area contributed by atoms with Crippen LogP contribution < -0.4 is 15.4 Å². The topological polar surface area (TPSA) is 50.4 Å². The highest BCUT2D eigenvalue weighted by molar-refractivity contribution is 5.81. The van der Waals surface area contributed by atoms with E-state index in [2.05, 4.69) is 55.7 Å². The summed E-state index contributed by atoms with van der Waals surface area (Å²) in [5.41, 5.74) is 3.59. The van der Waals surface area contributed by atoms with Crippen LogP contribution in [0.5, 0.6) is 5.75 Å². The van der Waals surface area contributed by atoms with Gasteiger partial charge in [-0.2, -0.15) is 0 Å². The molecule has 0 saturated carbocycles. The van der Waals surface area contributed by atoms with Gasteiger partial charge in [0.2, 0.25) is 5.91 Å². The Balaban J connectivity index is 1.94. The maximum atomic E-state index is 12.5. The third-order valence-corrected chi connectivity index (χ3v) is 4.86. The molecule has 0 bridgehead atoms. The molecule has 2 rings (SSSR count). The number of ether oxygens (including phenoxy) is 1. The molecule has 0 saturated heterocycles. The Labute approximate surface area is 163 Å². The number of benzene rings is 2. The van der Waals surface area contributed by atoms with Gasteiger partial charge in [-0.15, -0.1) is 0 Å². The highest BCUT2D eigenvalue weighted by Crippen LogP contribution is 2.23. The first-order chi connectivity index (χ1) is 12.9. The Hall–Kier alpha value is -2.33. The summed E-state index contributed by atoms with van der Waals surface area (Å²) in [6.45, 7) is 8.93. The third-order valence-electron chi connectivity index (χ3n) is 4.86. The van der Waals surface area contributed by atoms with E-state index >= 15 is 0 Å². The number of hydrogen-bond donors (Lipinski definition) is 2. The Morgan fingerprint density at radius 2 is 1.56 bits per heavy atom. The van der Waals surface area contributed by atoms with Crippen molar-refractivity contribution in [2.75, 3.05) is 7.11 Å². The van der Waals surface area contributed by atoms with E-state index in [1.165, 1.54) is 11.1 Å². The quantitative estimate of drug-likeness (QED) is 0.696. The lowest BCUT2D eigenvalue weighted by Gasteiger charge is -2.26. The van der Waals surface area contributed by atoms with E-state index in [9.17, 15) is 4.79 Å². The summed E-state index contributed by atoms with van der Waals surface area (Å²) in [4.78, 5) is 12.5. The fourth-order valence-electron chi connectivity index (χ4n) is 3.06. The number of carbonyl (C=O) groups excluding carboxylic acids is 1. The first-order valence-electron chi connectivity index (χ1n) is 9.70. The smallest absolute Gasteiger partial charge is 0.237 e. The van der Waals surface area contributed by atoms with Crippen molar-refractivity contribution in [3.63, 3.8) is 0 Å². The van der Waals surface area contributed by atoms with Gasteiger partial charge in [0.25, 0.3) is 0 Å². The monoisotopic (exact) mass is 368 g/mol. The number of nitrogens with one attached hydrogen (secondary N) is 2. The van der Waals surface area contributed by atoms with Crippen LogP contribution in [0.4, 0.5) is 0 Å². The minimum absolute atomic E-state index is 0.00152. The van der Waals surface area contributed by atoms with Crippen LogP contribution >= 0.6 is 0 Å². The highest BCUT2D eigenvalue weighted by Gasteiger charge is 2.21. The van der Waals surface area contributed by atoms with Crippen LogP contribution in [-0.2, 0) is 17.8 Å². The molecule has 2 atom stereocenters. The van der Waals surface area contributed by atoms with E-state index in [1.54, 1.807) is 7.11 Å².